The van der Waals surface area contributed by atoms with Gasteiger partial charge < -0.3 is 5.73 Å². The normalized spacial score (nSPS) is 12.9. The van der Waals surface area contributed by atoms with Crippen LogP contribution < -0.4 is 5.73 Å². The van der Waals surface area contributed by atoms with Crippen molar-refractivity contribution in [3.8, 4) is 0 Å². The second-order valence-electron chi connectivity index (χ2n) is 4.06. The average molecular weight is 256 g/mol. The molecular weight excluding hydrogens is 238 g/mol. The van der Waals surface area contributed by atoms with Crippen LogP contribution in [0.15, 0.2) is 16.6 Å². The third-order valence-electron chi connectivity index (χ3n) is 2.38. The van der Waals surface area contributed by atoms with Crippen molar-refractivity contribution < 1.29 is 0 Å². The first-order chi connectivity index (χ1) is 6.50. The summed E-state index contributed by atoms with van der Waals surface area (Å²) in [6, 6.07) is 4.76. The molecule has 0 aromatic heterocycles. The molecule has 0 bridgehead atoms. The van der Waals surface area contributed by atoms with Crippen LogP contribution in [-0.2, 0) is 6.42 Å². The SMILES string of the molecule is Cc1cc(CC[C@H](C)N)cc(C)c1Br. The van der Waals surface area contributed by atoms with Gasteiger partial charge in [-0.2, -0.15) is 0 Å². The lowest BCUT2D eigenvalue weighted by molar-refractivity contribution is 0.665. The third-order valence-corrected chi connectivity index (χ3v) is 3.64. The van der Waals surface area contributed by atoms with Crippen LogP contribution >= 0.6 is 15.9 Å². The van der Waals surface area contributed by atoms with Gasteiger partial charge in [-0.3, -0.25) is 0 Å². The fourth-order valence-corrected chi connectivity index (χ4v) is 1.80. The summed E-state index contributed by atoms with van der Waals surface area (Å²) in [5.41, 5.74) is 9.75. The molecule has 14 heavy (non-hydrogen) atoms. The van der Waals surface area contributed by atoms with Gasteiger partial charge in [-0.05, 0) is 50.3 Å². The molecule has 1 aromatic carbocycles. The van der Waals surface area contributed by atoms with Crippen LogP contribution in [0.4, 0.5) is 0 Å². The number of hydrogen-bond donors (Lipinski definition) is 1. The highest BCUT2D eigenvalue weighted by atomic mass is 79.9. The zero-order chi connectivity index (χ0) is 10.7. The van der Waals surface area contributed by atoms with E-state index in [2.05, 4.69) is 48.8 Å². The zero-order valence-corrected chi connectivity index (χ0v) is 10.7. The van der Waals surface area contributed by atoms with E-state index >= 15 is 0 Å². The van der Waals surface area contributed by atoms with Crippen molar-refractivity contribution in [3.63, 3.8) is 0 Å². The van der Waals surface area contributed by atoms with Crippen molar-refractivity contribution in [2.45, 2.75) is 39.7 Å². The van der Waals surface area contributed by atoms with E-state index in [1.165, 1.54) is 21.2 Å². The standard InChI is InChI=1S/C12H18BrN/c1-8-6-11(5-4-10(3)14)7-9(2)12(8)13/h6-7,10H,4-5,14H2,1-3H3/t10-/m0/s1. The van der Waals surface area contributed by atoms with Gasteiger partial charge in [-0.15, -0.1) is 0 Å². The minimum atomic E-state index is 0.291. The Morgan fingerprint density at radius 2 is 1.79 bits per heavy atom. The summed E-state index contributed by atoms with van der Waals surface area (Å²) in [5.74, 6) is 0. The maximum Gasteiger partial charge on any atom is 0.0233 e. The van der Waals surface area contributed by atoms with Gasteiger partial charge in [0.15, 0.2) is 0 Å². The Bertz CT molecular complexity index is 295. The van der Waals surface area contributed by atoms with E-state index < -0.39 is 0 Å². The summed E-state index contributed by atoms with van der Waals surface area (Å²) < 4.78 is 1.22. The molecule has 78 valence electrons. The number of nitrogens with two attached hydrogens (primary N) is 1. The molecule has 1 nitrogen and oxygen atoms in total. The van der Waals surface area contributed by atoms with Gasteiger partial charge in [0, 0.05) is 10.5 Å². The van der Waals surface area contributed by atoms with Gasteiger partial charge in [-0.25, -0.2) is 0 Å². The van der Waals surface area contributed by atoms with Gasteiger partial charge in [0.2, 0.25) is 0 Å². The molecule has 0 aliphatic carbocycles. The van der Waals surface area contributed by atoms with Gasteiger partial charge >= 0.3 is 0 Å². The lowest BCUT2D eigenvalue weighted by Gasteiger charge is -2.09. The van der Waals surface area contributed by atoms with Crippen LogP contribution in [0.5, 0.6) is 0 Å². The van der Waals surface area contributed by atoms with Crippen molar-refractivity contribution in [2.24, 2.45) is 5.73 Å². The van der Waals surface area contributed by atoms with Crippen LogP contribution in [0.3, 0.4) is 0 Å². The highest BCUT2D eigenvalue weighted by Crippen LogP contribution is 2.23. The van der Waals surface area contributed by atoms with E-state index in [4.69, 9.17) is 5.73 Å². The molecule has 1 atom stereocenters. The van der Waals surface area contributed by atoms with Crippen molar-refractivity contribution in [1.82, 2.24) is 0 Å². The Hall–Kier alpha value is -0.340. The summed E-state index contributed by atoms with van der Waals surface area (Å²) >= 11 is 3.57. The molecule has 0 fully saturated rings. The van der Waals surface area contributed by atoms with Crippen molar-refractivity contribution >= 4 is 15.9 Å². The van der Waals surface area contributed by atoms with Crippen molar-refractivity contribution in [3.05, 3.63) is 33.3 Å². The van der Waals surface area contributed by atoms with Crippen LogP contribution in [-0.4, -0.2) is 6.04 Å². The Kier molecular flexibility index (Phi) is 4.14. The van der Waals surface area contributed by atoms with Crippen LogP contribution in [0.1, 0.15) is 30.0 Å². The number of hydrogen-bond acceptors (Lipinski definition) is 1. The highest BCUT2D eigenvalue weighted by molar-refractivity contribution is 9.10. The predicted octanol–water partition coefficient (Wildman–Crippen LogP) is 3.35. The molecular formula is C12H18BrN. The molecule has 0 amide bonds. The lowest BCUT2D eigenvalue weighted by Crippen LogP contribution is -2.15. The Morgan fingerprint density at radius 3 is 2.21 bits per heavy atom. The van der Waals surface area contributed by atoms with E-state index in [1.807, 2.05) is 0 Å². The molecule has 0 heterocycles. The molecule has 0 spiro atoms. The van der Waals surface area contributed by atoms with Gasteiger partial charge in [-0.1, -0.05) is 28.1 Å². The molecule has 0 aliphatic rings. The maximum absolute atomic E-state index is 5.74. The minimum absolute atomic E-state index is 0.291. The summed E-state index contributed by atoms with van der Waals surface area (Å²) in [6.45, 7) is 6.32. The van der Waals surface area contributed by atoms with E-state index in [0.29, 0.717) is 6.04 Å². The minimum Gasteiger partial charge on any atom is -0.328 e. The Morgan fingerprint density at radius 1 is 1.29 bits per heavy atom. The average Bonchev–Trinajstić information content (AvgIpc) is 2.10. The van der Waals surface area contributed by atoms with Crippen molar-refractivity contribution in [2.75, 3.05) is 0 Å². The molecule has 0 aliphatic heterocycles. The first kappa shape index (κ1) is 11.7. The summed E-state index contributed by atoms with van der Waals surface area (Å²) in [7, 11) is 0. The fraction of sp³-hybridized carbons (Fsp3) is 0.500. The molecule has 2 N–H and O–H groups in total. The first-order valence-electron chi connectivity index (χ1n) is 5.02. The molecule has 0 unspecified atom stereocenters. The monoisotopic (exact) mass is 255 g/mol. The van der Waals surface area contributed by atoms with E-state index in [9.17, 15) is 0 Å². The van der Waals surface area contributed by atoms with Gasteiger partial charge in [0.1, 0.15) is 0 Å². The quantitative estimate of drug-likeness (QED) is 0.881. The number of rotatable bonds is 3. The lowest BCUT2D eigenvalue weighted by atomic mass is 10.0. The Balaban J connectivity index is 2.79. The number of aryl methyl sites for hydroxylation is 3. The van der Waals surface area contributed by atoms with Gasteiger partial charge in [0.25, 0.3) is 0 Å². The highest BCUT2D eigenvalue weighted by Gasteiger charge is 2.03. The van der Waals surface area contributed by atoms with Crippen LogP contribution in [0.2, 0.25) is 0 Å². The van der Waals surface area contributed by atoms with E-state index in [1.54, 1.807) is 0 Å². The smallest absolute Gasteiger partial charge is 0.0233 e. The second kappa shape index (κ2) is 4.94. The van der Waals surface area contributed by atoms with E-state index in [-0.39, 0.29) is 0 Å². The van der Waals surface area contributed by atoms with Crippen LogP contribution in [0.25, 0.3) is 0 Å². The van der Waals surface area contributed by atoms with E-state index in [0.717, 1.165) is 12.8 Å². The van der Waals surface area contributed by atoms with Gasteiger partial charge in [0.05, 0.1) is 0 Å². The molecule has 0 radical (unpaired) electrons. The maximum atomic E-state index is 5.74. The second-order valence-corrected chi connectivity index (χ2v) is 4.85. The predicted molar refractivity (Wildman–Crippen MR) is 65.6 cm³/mol. The number of halogens is 1. The summed E-state index contributed by atoms with van der Waals surface area (Å²) in [6.07, 6.45) is 2.13. The number of benzene rings is 1. The topological polar surface area (TPSA) is 26.0 Å². The fourth-order valence-electron chi connectivity index (χ4n) is 1.57. The first-order valence-corrected chi connectivity index (χ1v) is 5.81. The molecule has 0 saturated heterocycles. The molecule has 2 heteroatoms. The molecule has 0 saturated carbocycles. The van der Waals surface area contributed by atoms with Crippen LogP contribution in [0, 0.1) is 13.8 Å². The van der Waals surface area contributed by atoms with Crippen molar-refractivity contribution in [1.29, 1.82) is 0 Å². The third kappa shape index (κ3) is 3.10. The largest absolute Gasteiger partial charge is 0.328 e. The Labute approximate surface area is 94.8 Å². The molecule has 1 aromatic rings. The summed E-state index contributed by atoms with van der Waals surface area (Å²) in [4.78, 5) is 0. The summed E-state index contributed by atoms with van der Waals surface area (Å²) in [5, 5.41) is 0. The molecule has 1 rings (SSSR count). The zero-order valence-electron chi connectivity index (χ0n) is 9.10.